The molecule has 0 fully saturated rings. The van der Waals surface area contributed by atoms with Crippen molar-refractivity contribution in [2.45, 2.75) is 13.5 Å². The minimum Gasteiger partial charge on any atom is -0.444 e. The average Bonchev–Trinajstić information content (AvgIpc) is 3.80. The summed E-state index contributed by atoms with van der Waals surface area (Å²) in [5.41, 5.74) is 2.51. The Kier molecular flexibility index (Phi) is 6.83. The van der Waals surface area contributed by atoms with Crippen LogP contribution < -0.4 is 16.6 Å². The van der Waals surface area contributed by atoms with Crippen molar-refractivity contribution in [2.75, 3.05) is 0 Å². The Morgan fingerprint density at radius 3 is 2.41 bits per heavy atom. The second kappa shape index (κ2) is 11.1. The number of carbonyl (C=O) groups is 1. The standard InChI is InChI=1S/C33H24N6O4S/c1-20-28(29-31(43-20)35-33(42)39(32(29)41)23-13-6-3-7-14-23)30(40)34-18-22-12-8-9-15-25(22)38-19-24(36-37-38)27-17-16-26(44-27)21-10-4-2-5-11-21/h2-17,19H,18H2,1H3,(H,34,40)(H,35,42). The Labute approximate surface area is 253 Å². The molecule has 4 heterocycles. The molecule has 0 unspecified atom stereocenters. The molecule has 4 aromatic heterocycles. The molecular formula is C33H24N6O4S. The van der Waals surface area contributed by atoms with Crippen LogP contribution >= 0.6 is 11.3 Å². The number of aromatic amines is 1. The van der Waals surface area contributed by atoms with E-state index in [0.717, 1.165) is 36.8 Å². The number of carbonyl (C=O) groups excluding carboxylic acids is 1. The molecule has 10 nitrogen and oxygen atoms in total. The van der Waals surface area contributed by atoms with E-state index in [1.165, 1.54) is 0 Å². The lowest BCUT2D eigenvalue weighted by molar-refractivity contribution is 0.0950. The van der Waals surface area contributed by atoms with Gasteiger partial charge in [0.15, 0.2) is 0 Å². The van der Waals surface area contributed by atoms with E-state index in [9.17, 15) is 14.4 Å². The van der Waals surface area contributed by atoms with Gasteiger partial charge < -0.3 is 9.73 Å². The number of H-pyrrole nitrogens is 1. The third-order valence-corrected chi connectivity index (χ3v) is 8.41. The van der Waals surface area contributed by atoms with Crippen LogP contribution in [0, 0.1) is 6.92 Å². The molecule has 2 N–H and O–H groups in total. The summed E-state index contributed by atoms with van der Waals surface area (Å²) in [6, 6.07) is 30.3. The van der Waals surface area contributed by atoms with E-state index in [0.29, 0.717) is 5.69 Å². The third kappa shape index (κ3) is 4.84. The molecule has 7 aromatic rings. The smallest absolute Gasteiger partial charge is 0.335 e. The lowest BCUT2D eigenvalue weighted by atomic mass is 10.1. The van der Waals surface area contributed by atoms with E-state index < -0.39 is 17.2 Å². The van der Waals surface area contributed by atoms with Crippen LogP contribution in [0.3, 0.4) is 0 Å². The van der Waals surface area contributed by atoms with Gasteiger partial charge in [0.05, 0.1) is 28.0 Å². The van der Waals surface area contributed by atoms with Crippen molar-refractivity contribution >= 4 is 28.3 Å². The second-order valence-corrected chi connectivity index (χ2v) is 11.1. The van der Waals surface area contributed by atoms with Gasteiger partial charge in [-0.1, -0.05) is 71.9 Å². The summed E-state index contributed by atoms with van der Waals surface area (Å²) >= 11 is 1.64. The molecule has 3 aromatic carbocycles. The molecule has 11 heteroatoms. The molecule has 216 valence electrons. The number of hydrogen-bond acceptors (Lipinski definition) is 7. The Balaban J connectivity index is 1.16. The second-order valence-electron chi connectivity index (χ2n) is 10.0. The van der Waals surface area contributed by atoms with Gasteiger partial charge in [-0.3, -0.25) is 14.6 Å². The zero-order valence-electron chi connectivity index (χ0n) is 23.4. The highest BCUT2D eigenvalue weighted by Crippen LogP contribution is 2.33. The van der Waals surface area contributed by atoms with Crippen LogP contribution in [0.5, 0.6) is 0 Å². The Morgan fingerprint density at radius 1 is 0.909 bits per heavy atom. The van der Waals surface area contributed by atoms with Crippen LogP contribution in [0.1, 0.15) is 21.7 Å². The molecule has 0 bridgehead atoms. The predicted molar refractivity (Wildman–Crippen MR) is 168 cm³/mol. The fourth-order valence-corrected chi connectivity index (χ4v) is 6.12. The average molecular weight is 601 g/mol. The van der Waals surface area contributed by atoms with E-state index in [2.05, 4.69) is 38.8 Å². The summed E-state index contributed by atoms with van der Waals surface area (Å²) in [7, 11) is 0. The Bertz CT molecular complexity index is 2260. The van der Waals surface area contributed by atoms with Gasteiger partial charge in [-0.2, -0.15) is 0 Å². The lowest BCUT2D eigenvalue weighted by Gasteiger charge is -2.10. The number of nitrogens with one attached hydrogen (secondary N) is 2. The van der Waals surface area contributed by atoms with Crippen LogP contribution in [0.2, 0.25) is 0 Å². The van der Waals surface area contributed by atoms with Gasteiger partial charge in [-0.15, -0.1) is 16.4 Å². The summed E-state index contributed by atoms with van der Waals surface area (Å²) in [4.78, 5) is 44.4. The number of thiophene rings is 1. The molecule has 1 amide bonds. The quantitative estimate of drug-likeness (QED) is 0.249. The number of furan rings is 1. The first kappa shape index (κ1) is 27.0. The lowest BCUT2D eigenvalue weighted by Crippen LogP contribution is -2.34. The maximum atomic E-state index is 13.5. The molecule has 0 aliphatic carbocycles. The highest BCUT2D eigenvalue weighted by Gasteiger charge is 2.24. The van der Waals surface area contributed by atoms with E-state index in [4.69, 9.17) is 4.42 Å². The molecule has 0 radical (unpaired) electrons. The van der Waals surface area contributed by atoms with Crippen LogP contribution in [0.15, 0.2) is 117 Å². The maximum Gasteiger partial charge on any atom is 0.335 e. The van der Waals surface area contributed by atoms with Gasteiger partial charge in [0.25, 0.3) is 11.5 Å². The zero-order valence-corrected chi connectivity index (χ0v) is 24.2. The number of rotatable bonds is 7. The highest BCUT2D eigenvalue weighted by molar-refractivity contribution is 7.18. The van der Waals surface area contributed by atoms with Crippen molar-refractivity contribution < 1.29 is 9.21 Å². The minimum absolute atomic E-state index is 0.00322. The molecule has 44 heavy (non-hydrogen) atoms. The van der Waals surface area contributed by atoms with Crippen LogP contribution in [-0.4, -0.2) is 30.5 Å². The summed E-state index contributed by atoms with van der Waals surface area (Å²) < 4.78 is 8.31. The SMILES string of the molecule is Cc1oc2[nH]c(=O)n(-c3ccccc3)c(=O)c2c1C(=O)NCc1ccccc1-n1cc(-c2ccc(-c3ccccc3)s2)nn1. The largest absolute Gasteiger partial charge is 0.444 e. The van der Waals surface area contributed by atoms with E-state index in [-0.39, 0.29) is 29.0 Å². The molecule has 0 saturated carbocycles. The first-order valence-corrected chi connectivity index (χ1v) is 14.6. The maximum absolute atomic E-state index is 13.5. The normalized spacial score (nSPS) is 11.2. The van der Waals surface area contributed by atoms with Crippen molar-refractivity contribution in [3.8, 4) is 32.4 Å². The molecular weight excluding hydrogens is 576 g/mol. The van der Waals surface area contributed by atoms with Crippen molar-refractivity contribution in [2.24, 2.45) is 0 Å². The number of para-hydroxylation sites is 2. The third-order valence-electron chi connectivity index (χ3n) is 7.25. The first-order chi connectivity index (χ1) is 21.5. The Hall–Kier alpha value is -5.81. The number of benzene rings is 3. The number of fused-ring (bicyclic) bond motifs is 1. The van der Waals surface area contributed by atoms with Crippen LogP contribution in [0.25, 0.3) is 43.5 Å². The van der Waals surface area contributed by atoms with E-state index in [1.54, 1.807) is 53.3 Å². The fraction of sp³-hybridized carbons (Fsp3) is 0.0606. The number of aryl methyl sites for hydroxylation is 1. The molecule has 0 spiro atoms. The topological polar surface area (TPSA) is 128 Å². The molecule has 0 aliphatic rings. The number of amides is 1. The van der Waals surface area contributed by atoms with E-state index in [1.807, 2.05) is 54.7 Å². The van der Waals surface area contributed by atoms with Crippen molar-refractivity contribution in [1.82, 2.24) is 29.9 Å². The van der Waals surface area contributed by atoms with Crippen molar-refractivity contribution in [1.29, 1.82) is 0 Å². The summed E-state index contributed by atoms with van der Waals surface area (Å²) in [6.07, 6.45) is 1.86. The van der Waals surface area contributed by atoms with Gasteiger partial charge in [0, 0.05) is 11.4 Å². The molecule has 7 rings (SSSR count). The number of aromatic nitrogens is 5. The van der Waals surface area contributed by atoms with Crippen molar-refractivity contribution in [3.05, 3.63) is 141 Å². The fourth-order valence-electron chi connectivity index (χ4n) is 5.15. The van der Waals surface area contributed by atoms with Crippen molar-refractivity contribution in [3.63, 3.8) is 0 Å². The summed E-state index contributed by atoms with van der Waals surface area (Å²) in [5, 5.41) is 11.7. The van der Waals surface area contributed by atoms with Gasteiger partial charge >= 0.3 is 5.69 Å². The number of nitrogens with zero attached hydrogens (tertiary/aromatic N) is 4. The summed E-state index contributed by atoms with van der Waals surface area (Å²) in [5.74, 6) is -0.290. The zero-order chi connectivity index (χ0) is 30.2. The first-order valence-electron chi connectivity index (χ1n) is 13.8. The highest BCUT2D eigenvalue weighted by atomic mass is 32.1. The molecule has 0 saturated heterocycles. The van der Waals surface area contributed by atoms with Gasteiger partial charge in [0.1, 0.15) is 16.8 Å². The summed E-state index contributed by atoms with van der Waals surface area (Å²) in [6.45, 7) is 1.72. The molecule has 0 aliphatic heterocycles. The Morgan fingerprint density at radius 2 is 1.61 bits per heavy atom. The van der Waals surface area contributed by atoms with Gasteiger partial charge in [-0.05, 0) is 48.4 Å². The van der Waals surface area contributed by atoms with Gasteiger partial charge in [0.2, 0.25) is 5.71 Å². The number of hydrogen-bond donors (Lipinski definition) is 2. The van der Waals surface area contributed by atoms with E-state index >= 15 is 0 Å². The predicted octanol–water partition coefficient (Wildman–Crippen LogP) is 5.49. The molecule has 0 atom stereocenters. The minimum atomic E-state index is -0.658. The van der Waals surface area contributed by atoms with Crippen LogP contribution in [0.4, 0.5) is 0 Å². The van der Waals surface area contributed by atoms with Gasteiger partial charge in [-0.25, -0.2) is 14.0 Å². The monoisotopic (exact) mass is 600 g/mol. The van der Waals surface area contributed by atoms with Crippen LogP contribution in [-0.2, 0) is 6.54 Å².